The summed E-state index contributed by atoms with van der Waals surface area (Å²) in [5, 5.41) is 7.76. The molecule has 0 radical (unpaired) electrons. The van der Waals surface area contributed by atoms with E-state index in [-0.39, 0.29) is 41.8 Å². The molecule has 0 saturated heterocycles. The molecule has 0 spiro atoms. The van der Waals surface area contributed by atoms with E-state index >= 15 is 0 Å². The van der Waals surface area contributed by atoms with E-state index in [1.807, 2.05) is 12.1 Å². The number of benzene rings is 1. The van der Waals surface area contributed by atoms with E-state index in [0.717, 1.165) is 16.0 Å². The molecule has 2 aromatic rings. The van der Waals surface area contributed by atoms with Crippen LogP contribution in [0.3, 0.4) is 0 Å². The highest BCUT2D eigenvalue weighted by atomic mass is 35.5. The van der Waals surface area contributed by atoms with Crippen LogP contribution in [-0.2, 0) is 27.9 Å². The minimum absolute atomic E-state index is 0. The Bertz CT molecular complexity index is 998. The molecule has 0 atom stereocenters. The summed E-state index contributed by atoms with van der Waals surface area (Å²) in [6, 6.07) is 8.09. The van der Waals surface area contributed by atoms with E-state index in [1.165, 1.54) is 16.2 Å². The number of amides is 1. The quantitative estimate of drug-likeness (QED) is 0.343. The Morgan fingerprint density at radius 2 is 1.82 bits per heavy atom. The lowest BCUT2D eigenvalue weighted by molar-refractivity contribution is -0.115. The first-order valence-electron chi connectivity index (χ1n) is 11.1. The molecule has 0 unspecified atom stereocenters. The largest absolute Gasteiger partial charge is 0.462 e. The van der Waals surface area contributed by atoms with E-state index in [0.29, 0.717) is 28.8 Å². The van der Waals surface area contributed by atoms with Gasteiger partial charge in [-0.2, -0.15) is 0 Å². The third-order valence-electron chi connectivity index (χ3n) is 5.24. The second-order valence-electron chi connectivity index (χ2n) is 9.68. The molecular formula is C25H35ClN2O3S2. The number of halogens is 1. The predicted octanol–water partition coefficient (Wildman–Crippen LogP) is 6.19. The van der Waals surface area contributed by atoms with Gasteiger partial charge in [-0.05, 0) is 64.3 Å². The number of carbonyl (C=O) groups excluding carboxylic acids is 2. The van der Waals surface area contributed by atoms with Crippen LogP contribution in [0.2, 0.25) is 0 Å². The van der Waals surface area contributed by atoms with Crippen molar-refractivity contribution in [3.8, 4) is 0 Å². The molecule has 2 heterocycles. The molecular weight excluding hydrogens is 476 g/mol. The predicted molar refractivity (Wildman–Crippen MR) is 141 cm³/mol. The summed E-state index contributed by atoms with van der Waals surface area (Å²) in [6.07, 6.45) is 0.950. The maximum Gasteiger partial charge on any atom is 0.341 e. The molecule has 2 N–H and O–H groups in total. The Morgan fingerprint density at radius 3 is 2.39 bits per heavy atom. The Labute approximate surface area is 211 Å². The fourth-order valence-electron chi connectivity index (χ4n) is 4.35. The number of nitrogens with one attached hydrogen (secondary N) is 2. The SMILES string of the molecule is CCOC(=O)c1c(NC(=O)Cc2ccc(SC(C)C)cc2)sc2c1CC(C)(C)NC2(C)C.Cl. The zero-order valence-electron chi connectivity index (χ0n) is 20.5. The third kappa shape index (κ3) is 6.75. The number of thiophene rings is 1. The van der Waals surface area contributed by atoms with Crippen LogP contribution in [0, 0.1) is 0 Å². The monoisotopic (exact) mass is 510 g/mol. The molecule has 1 aliphatic rings. The summed E-state index contributed by atoms with van der Waals surface area (Å²) in [5.74, 6) is -0.507. The van der Waals surface area contributed by atoms with Gasteiger partial charge in [0.25, 0.3) is 0 Å². The Morgan fingerprint density at radius 1 is 1.18 bits per heavy atom. The number of thioether (sulfide) groups is 1. The second-order valence-corrected chi connectivity index (χ2v) is 12.4. The van der Waals surface area contributed by atoms with Crippen LogP contribution in [0.4, 0.5) is 5.00 Å². The highest BCUT2D eigenvalue weighted by Gasteiger charge is 2.42. The smallest absolute Gasteiger partial charge is 0.341 e. The standard InChI is InChI=1S/C25H34N2O3S2.ClH/c1-8-30-23(29)20-18-14-24(4,5)27-25(6,7)21(18)32-22(20)26-19(28)13-16-9-11-17(12-10-16)31-15(2)3;/h9-12,15,27H,8,13-14H2,1-7H3,(H,26,28);1H. The molecule has 1 aliphatic heterocycles. The lowest BCUT2D eigenvalue weighted by atomic mass is 9.81. The normalized spacial score (nSPS) is 16.0. The van der Waals surface area contributed by atoms with Crippen molar-refractivity contribution in [3.63, 3.8) is 0 Å². The van der Waals surface area contributed by atoms with Crippen LogP contribution >= 0.6 is 35.5 Å². The fraction of sp³-hybridized carbons (Fsp3) is 0.520. The fourth-order valence-corrected chi connectivity index (χ4v) is 6.47. The molecule has 1 amide bonds. The lowest BCUT2D eigenvalue weighted by Gasteiger charge is -2.42. The Hall–Kier alpha value is -1.54. The van der Waals surface area contributed by atoms with Crippen molar-refractivity contribution in [2.75, 3.05) is 11.9 Å². The number of fused-ring (bicyclic) bond motifs is 1. The summed E-state index contributed by atoms with van der Waals surface area (Å²) >= 11 is 3.27. The number of carbonyl (C=O) groups is 2. The zero-order chi connectivity index (χ0) is 23.7. The van der Waals surface area contributed by atoms with Crippen molar-refractivity contribution in [3.05, 3.63) is 45.8 Å². The van der Waals surface area contributed by atoms with E-state index in [2.05, 4.69) is 64.3 Å². The van der Waals surface area contributed by atoms with Crippen LogP contribution in [0.5, 0.6) is 0 Å². The van der Waals surface area contributed by atoms with E-state index in [1.54, 1.807) is 18.7 Å². The maximum atomic E-state index is 12.9. The van der Waals surface area contributed by atoms with Crippen molar-refractivity contribution in [2.45, 2.75) is 82.5 Å². The van der Waals surface area contributed by atoms with Crippen LogP contribution < -0.4 is 10.6 Å². The molecule has 5 nitrogen and oxygen atoms in total. The van der Waals surface area contributed by atoms with E-state index < -0.39 is 0 Å². The molecule has 0 bridgehead atoms. The van der Waals surface area contributed by atoms with Gasteiger partial charge in [0.1, 0.15) is 5.00 Å². The molecule has 0 saturated carbocycles. The Kier molecular flexibility index (Phi) is 9.07. The first-order chi connectivity index (χ1) is 14.9. The van der Waals surface area contributed by atoms with Crippen LogP contribution in [0.25, 0.3) is 0 Å². The van der Waals surface area contributed by atoms with Gasteiger partial charge in [0.05, 0.1) is 18.6 Å². The van der Waals surface area contributed by atoms with Gasteiger partial charge >= 0.3 is 5.97 Å². The zero-order valence-corrected chi connectivity index (χ0v) is 22.9. The van der Waals surface area contributed by atoms with Crippen molar-refractivity contribution >= 4 is 52.4 Å². The van der Waals surface area contributed by atoms with Crippen LogP contribution in [0.15, 0.2) is 29.2 Å². The average Bonchev–Trinajstić information content (AvgIpc) is 3.00. The van der Waals surface area contributed by atoms with Crippen LogP contribution in [-0.4, -0.2) is 29.3 Å². The summed E-state index contributed by atoms with van der Waals surface area (Å²) in [5.41, 5.74) is 1.95. The first kappa shape index (κ1) is 27.7. The summed E-state index contributed by atoms with van der Waals surface area (Å²) in [7, 11) is 0. The maximum absolute atomic E-state index is 12.9. The van der Waals surface area contributed by atoms with Crippen LogP contribution in [0.1, 0.15) is 74.8 Å². The first-order valence-corrected chi connectivity index (χ1v) is 12.8. The molecule has 3 rings (SSSR count). The molecule has 182 valence electrons. The minimum Gasteiger partial charge on any atom is -0.462 e. The van der Waals surface area contributed by atoms with Gasteiger partial charge in [-0.25, -0.2) is 4.79 Å². The number of ether oxygens (including phenoxy) is 1. The number of hydrogen-bond acceptors (Lipinski definition) is 6. The van der Waals surface area contributed by atoms with Gasteiger partial charge in [-0.15, -0.1) is 35.5 Å². The van der Waals surface area contributed by atoms with Gasteiger partial charge in [0.2, 0.25) is 5.91 Å². The highest BCUT2D eigenvalue weighted by molar-refractivity contribution is 7.99. The molecule has 0 aliphatic carbocycles. The summed E-state index contributed by atoms with van der Waals surface area (Å²) < 4.78 is 5.37. The lowest BCUT2D eigenvalue weighted by Crippen LogP contribution is -2.55. The average molecular weight is 511 g/mol. The molecule has 8 heteroatoms. The van der Waals surface area contributed by atoms with Gasteiger partial charge < -0.3 is 15.4 Å². The minimum atomic E-state index is -0.371. The molecule has 33 heavy (non-hydrogen) atoms. The number of hydrogen-bond donors (Lipinski definition) is 2. The topological polar surface area (TPSA) is 67.4 Å². The third-order valence-corrected chi connectivity index (χ3v) is 7.72. The Balaban J connectivity index is 0.00000385. The summed E-state index contributed by atoms with van der Waals surface area (Å²) in [6.45, 7) is 14.9. The molecule has 0 fully saturated rings. The van der Waals surface area contributed by atoms with Gasteiger partial charge in [-0.1, -0.05) is 26.0 Å². The number of anilines is 1. The van der Waals surface area contributed by atoms with Gasteiger partial charge in [-0.3, -0.25) is 4.79 Å². The van der Waals surface area contributed by atoms with E-state index in [4.69, 9.17) is 4.74 Å². The highest BCUT2D eigenvalue weighted by Crippen LogP contribution is 2.45. The van der Waals surface area contributed by atoms with E-state index in [9.17, 15) is 9.59 Å². The van der Waals surface area contributed by atoms with Crippen molar-refractivity contribution in [1.82, 2.24) is 5.32 Å². The molecule has 1 aromatic carbocycles. The number of rotatable bonds is 7. The van der Waals surface area contributed by atoms with Crippen molar-refractivity contribution < 1.29 is 14.3 Å². The molecule has 1 aromatic heterocycles. The van der Waals surface area contributed by atoms with Gasteiger partial charge in [0, 0.05) is 26.1 Å². The van der Waals surface area contributed by atoms with Gasteiger partial charge in [0.15, 0.2) is 0 Å². The number of esters is 1. The van der Waals surface area contributed by atoms with Crippen molar-refractivity contribution in [1.29, 1.82) is 0 Å². The summed E-state index contributed by atoms with van der Waals surface area (Å²) in [4.78, 5) is 28.1. The van der Waals surface area contributed by atoms with Crippen molar-refractivity contribution in [2.24, 2.45) is 0 Å². The second kappa shape index (κ2) is 10.8.